The summed E-state index contributed by atoms with van der Waals surface area (Å²) in [4.78, 5) is 24.5. The molecule has 6 heteroatoms. The fourth-order valence-electron chi connectivity index (χ4n) is 2.02. The van der Waals surface area contributed by atoms with E-state index in [-0.39, 0.29) is 23.3 Å². The standard InChI is InChI=1S/C14H20N2O4/c1-4-9(5-2)16(3)14(20)15-11-8-6-7-10(12(11)17)13(18)19/h6-9,17H,4-5H2,1-3H3,(H,15,20)(H,18,19). The number of carboxylic acid groups (broad SMARTS) is 1. The highest BCUT2D eigenvalue weighted by Gasteiger charge is 2.19. The zero-order valence-corrected chi connectivity index (χ0v) is 11.9. The number of carbonyl (C=O) groups is 2. The number of hydrogen-bond acceptors (Lipinski definition) is 3. The SMILES string of the molecule is CCC(CC)N(C)C(=O)Nc1cccc(C(=O)O)c1O. The summed E-state index contributed by atoms with van der Waals surface area (Å²) in [5.74, 6) is -1.68. The van der Waals surface area contributed by atoms with E-state index in [1.165, 1.54) is 18.2 Å². The van der Waals surface area contributed by atoms with E-state index in [0.717, 1.165) is 12.8 Å². The molecule has 0 saturated heterocycles. The van der Waals surface area contributed by atoms with E-state index in [2.05, 4.69) is 5.32 Å². The number of aromatic carboxylic acids is 1. The molecule has 1 rings (SSSR count). The highest BCUT2D eigenvalue weighted by atomic mass is 16.4. The maximum Gasteiger partial charge on any atom is 0.339 e. The third kappa shape index (κ3) is 3.40. The molecule has 6 nitrogen and oxygen atoms in total. The minimum atomic E-state index is -1.24. The molecule has 3 N–H and O–H groups in total. The van der Waals surface area contributed by atoms with Gasteiger partial charge in [-0.05, 0) is 25.0 Å². The predicted octanol–water partition coefficient (Wildman–Crippen LogP) is 2.74. The summed E-state index contributed by atoms with van der Waals surface area (Å²) in [5.41, 5.74) is -0.152. The second-order valence-electron chi connectivity index (χ2n) is 4.52. The van der Waals surface area contributed by atoms with E-state index in [1.807, 2.05) is 13.8 Å². The third-order valence-corrected chi connectivity index (χ3v) is 3.32. The van der Waals surface area contributed by atoms with Crippen LogP contribution in [0.3, 0.4) is 0 Å². The van der Waals surface area contributed by atoms with Gasteiger partial charge in [0.25, 0.3) is 0 Å². The summed E-state index contributed by atoms with van der Waals surface area (Å²) in [5, 5.41) is 21.3. The Labute approximate surface area is 118 Å². The third-order valence-electron chi connectivity index (χ3n) is 3.32. The summed E-state index contributed by atoms with van der Waals surface area (Å²) in [6.45, 7) is 3.97. The molecule has 0 unspecified atom stereocenters. The number of amides is 2. The lowest BCUT2D eigenvalue weighted by atomic mass is 10.1. The van der Waals surface area contributed by atoms with Gasteiger partial charge in [0.15, 0.2) is 5.75 Å². The van der Waals surface area contributed by atoms with E-state index in [4.69, 9.17) is 5.11 Å². The van der Waals surface area contributed by atoms with Crippen LogP contribution in [0.15, 0.2) is 18.2 Å². The maximum absolute atomic E-state index is 12.1. The van der Waals surface area contributed by atoms with Gasteiger partial charge in [-0.25, -0.2) is 9.59 Å². The number of carbonyl (C=O) groups excluding carboxylic acids is 1. The molecule has 0 aliphatic rings. The van der Waals surface area contributed by atoms with Crippen molar-refractivity contribution >= 4 is 17.7 Å². The molecule has 0 bridgehead atoms. The van der Waals surface area contributed by atoms with Gasteiger partial charge in [0.2, 0.25) is 0 Å². The van der Waals surface area contributed by atoms with Gasteiger partial charge in [0, 0.05) is 13.1 Å². The number of carboxylic acids is 1. The molecule has 0 aromatic heterocycles. The minimum Gasteiger partial charge on any atom is -0.505 e. The van der Waals surface area contributed by atoms with Crippen molar-refractivity contribution in [3.8, 4) is 5.75 Å². The van der Waals surface area contributed by atoms with Crippen LogP contribution in [-0.4, -0.2) is 40.2 Å². The highest BCUT2D eigenvalue weighted by Crippen LogP contribution is 2.27. The second kappa shape index (κ2) is 6.79. The molecule has 1 aromatic carbocycles. The molecule has 0 aliphatic carbocycles. The van der Waals surface area contributed by atoms with Crippen LogP contribution in [0.5, 0.6) is 5.75 Å². The van der Waals surface area contributed by atoms with Crippen LogP contribution in [0.4, 0.5) is 10.5 Å². The van der Waals surface area contributed by atoms with Gasteiger partial charge in [-0.15, -0.1) is 0 Å². The average Bonchev–Trinajstić information content (AvgIpc) is 2.41. The molecule has 0 atom stereocenters. The number of urea groups is 1. The summed E-state index contributed by atoms with van der Waals surface area (Å²) < 4.78 is 0. The number of aromatic hydroxyl groups is 1. The van der Waals surface area contributed by atoms with Crippen molar-refractivity contribution in [2.45, 2.75) is 32.7 Å². The predicted molar refractivity (Wildman–Crippen MR) is 76.2 cm³/mol. The summed E-state index contributed by atoms with van der Waals surface area (Å²) in [6.07, 6.45) is 1.64. The Morgan fingerprint density at radius 1 is 1.30 bits per heavy atom. The summed E-state index contributed by atoms with van der Waals surface area (Å²) >= 11 is 0. The molecule has 110 valence electrons. The number of benzene rings is 1. The molecule has 2 amide bonds. The molecule has 0 aliphatic heterocycles. The molecule has 0 spiro atoms. The highest BCUT2D eigenvalue weighted by molar-refractivity contribution is 5.97. The zero-order chi connectivity index (χ0) is 15.3. The smallest absolute Gasteiger partial charge is 0.339 e. The molecular weight excluding hydrogens is 260 g/mol. The fourth-order valence-corrected chi connectivity index (χ4v) is 2.02. The van der Waals surface area contributed by atoms with Gasteiger partial charge >= 0.3 is 12.0 Å². The van der Waals surface area contributed by atoms with Crippen LogP contribution in [0.1, 0.15) is 37.0 Å². The fraction of sp³-hybridized carbons (Fsp3) is 0.429. The van der Waals surface area contributed by atoms with E-state index in [9.17, 15) is 14.7 Å². The number of nitrogens with zero attached hydrogens (tertiary/aromatic N) is 1. The molecule has 20 heavy (non-hydrogen) atoms. The number of rotatable bonds is 5. The average molecular weight is 280 g/mol. The van der Waals surface area contributed by atoms with Crippen LogP contribution in [0.25, 0.3) is 0 Å². The lowest BCUT2D eigenvalue weighted by Crippen LogP contribution is -2.39. The van der Waals surface area contributed by atoms with E-state index < -0.39 is 11.7 Å². The molecule has 0 radical (unpaired) electrons. The Balaban J connectivity index is 2.91. The Hall–Kier alpha value is -2.24. The van der Waals surface area contributed by atoms with Crippen molar-refractivity contribution in [2.24, 2.45) is 0 Å². The Kier molecular flexibility index (Phi) is 5.37. The van der Waals surface area contributed by atoms with Crippen LogP contribution >= 0.6 is 0 Å². The van der Waals surface area contributed by atoms with Crippen molar-refractivity contribution in [1.82, 2.24) is 4.90 Å². The first-order valence-corrected chi connectivity index (χ1v) is 6.51. The molecule has 0 heterocycles. The van der Waals surface area contributed by atoms with Crippen LogP contribution < -0.4 is 5.32 Å². The molecule has 0 fully saturated rings. The van der Waals surface area contributed by atoms with Crippen molar-refractivity contribution in [1.29, 1.82) is 0 Å². The first kappa shape index (κ1) is 15.8. The van der Waals surface area contributed by atoms with Gasteiger partial charge in [-0.3, -0.25) is 0 Å². The molecular formula is C14H20N2O4. The van der Waals surface area contributed by atoms with E-state index in [1.54, 1.807) is 11.9 Å². The minimum absolute atomic E-state index is 0.0905. The molecule has 1 aromatic rings. The van der Waals surface area contributed by atoms with Crippen LogP contribution in [0.2, 0.25) is 0 Å². The van der Waals surface area contributed by atoms with Crippen molar-refractivity contribution in [3.05, 3.63) is 23.8 Å². The van der Waals surface area contributed by atoms with Gasteiger partial charge in [0.05, 0.1) is 5.69 Å². The summed E-state index contributed by atoms with van der Waals surface area (Å²) in [7, 11) is 1.67. The zero-order valence-electron chi connectivity index (χ0n) is 11.9. The Morgan fingerprint density at radius 3 is 2.40 bits per heavy atom. The van der Waals surface area contributed by atoms with Crippen molar-refractivity contribution < 1.29 is 19.8 Å². The largest absolute Gasteiger partial charge is 0.505 e. The monoisotopic (exact) mass is 280 g/mol. The normalized spacial score (nSPS) is 10.4. The van der Waals surface area contributed by atoms with Gasteiger partial charge in [-0.2, -0.15) is 0 Å². The van der Waals surface area contributed by atoms with Gasteiger partial charge < -0.3 is 20.4 Å². The summed E-state index contributed by atoms with van der Waals surface area (Å²) in [6, 6.07) is 3.92. The molecule has 0 saturated carbocycles. The van der Waals surface area contributed by atoms with Gasteiger partial charge in [-0.1, -0.05) is 19.9 Å². The first-order chi connectivity index (χ1) is 9.42. The number of hydrogen-bond donors (Lipinski definition) is 3. The number of anilines is 1. The quantitative estimate of drug-likeness (QED) is 0.723. The number of nitrogens with one attached hydrogen (secondary N) is 1. The topological polar surface area (TPSA) is 89.9 Å². The van der Waals surface area contributed by atoms with Crippen molar-refractivity contribution in [2.75, 3.05) is 12.4 Å². The lowest BCUT2D eigenvalue weighted by Gasteiger charge is -2.26. The lowest BCUT2D eigenvalue weighted by molar-refractivity contribution is 0.0693. The van der Waals surface area contributed by atoms with Gasteiger partial charge in [0.1, 0.15) is 5.56 Å². The second-order valence-corrected chi connectivity index (χ2v) is 4.52. The van der Waals surface area contributed by atoms with Crippen LogP contribution in [0, 0.1) is 0 Å². The Bertz CT molecular complexity index is 498. The van der Waals surface area contributed by atoms with Crippen LogP contribution in [-0.2, 0) is 0 Å². The Morgan fingerprint density at radius 2 is 1.90 bits per heavy atom. The van der Waals surface area contributed by atoms with E-state index in [0.29, 0.717) is 0 Å². The maximum atomic E-state index is 12.1. The van der Waals surface area contributed by atoms with Crippen molar-refractivity contribution in [3.63, 3.8) is 0 Å². The number of para-hydroxylation sites is 1. The first-order valence-electron chi connectivity index (χ1n) is 6.51. The number of phenols is 1. The van der Waals surface area contributed by atoms with E-state index >= 15 is 0 Å².